The maximum atomic E-state index is 5.97. The SMILES string of the molecule is Clc1nc(Sc2cccs2)nc(N2CCCC2)n1. The zero-order chi connectivity index (χ0) is 12.4. The van der Waals surface area contributed by atoms with E-state index in [0.29, 0.717) is 11.1 Å². The monoisotopic (exact) mass is 298 g/mol. The van der Waals surface area contributed by atoms with Gasteiger partial charge >= 0.3 is 0 Å². The van der Waals surface area contributed by atoms with Gasteiger partial charge in [-0.05, 0) is 47.7 Å². The van der Waals surface area contributed by atoms with Gasteiger partial charge in [0.2, 0.25) is 11.2 Å². The molecule has 0 saturated carbocycles. The van der Waals surface area contributed by atoms with Crippen LogP contribution in [0.1, 0.15) is 12.8 Å². The molecule has 2 aromatic rings. The molecule has 1 aliphatic rings. The summed E-state index contributed by atoms with van der Waals surface area (Å²) >= 11 is 9.16. The Bertz CT molecular complexity index is 526. The second-order valence-corrected chi connectivity index (χ2v) is 6.47. The van der Waals surface area contributed by atoms with Crippen molar-refractivity contribution in [3.05, 3.63) is 22.8 Å². The normalized spacial score (nSPS) is 15.3. The zero-order valence-electron chi connectivity index (χ0n) is 9.54. The molecule has 2 aromatic heterocycles. The third kappa shape index (κ3) is 2.76. The van der Waals surface area contributed by atoms with E-state index in [-0.39, 0.29) is 5.28 Å². The molecule has 3 rings (SSSR count). The van der Waals surface area contributed by atoms with Gasteiger partial charge in [0, 0.05) is 13.1 Å². The first-order chi connectivity index (χ1) is 8.81. The first-order valence-electron chi connectivity index (χ1n) is 5.69. The van der Waals surface area contributed by atoms with E-state index in [1.165, 1.54) is 24.6 Å². The zero-order valence-corrected chi connectivity index (χ0v) is 11.9. The highest BCUT2D eigenvalue weighted by Crippen LogP contribution is 2.30. The van der Waals surface area contributed by atoms with E-state index >= 15 is 0 Å². The minimum absolute atomic E-state index is 0.269. The van der Waals surface area contributed by atoms with Gasteiger partial charge in [0.25, 0.3) is 0 Å². The van der Waals surface area contributed by atoms with Crippen molar-refractivity contribution in [1.29, 1.82) is 0 Å². The lowest BCUT2D eigenvalue weighted by molar-refractivity contribution is 0.826. The molecule has 4 nitrogen and oxygen atoms in total. The quantitative estimate of drug-likeness (QED) is 0.869. The molecule has 94 valence electrons. The molecule has 0 N–H and O–H groups in total. The van der Waals surface area contributed by atoms with Gasteiger partial charge < -0.3 is 4.90 Å². The summed E-state index contributed by atoms with van der Waals surface area (Å²) in [6.45, 7) is 2.01. The standard InChI is InChI=1S/C11H11ClN4S2/c12-9-13-10(16-5-1-2-6-16)15-11(14-9)18-8-4-3-7-17-8/h3-4,7H,1-2,5-6H2. The van der Waals surface area contributed by atoms with Crippen LogP contribution in [0.5, 0.6) is 0 Å². The van der Waals surface area contributed by atoms with Crippen LogP contribution in [0, 0.1) is 0 Å². The van der Waals surface area contributed by atoms with E-state index in [0.717, 1.165) is 17.3 Å². The lowest BCUT2D eigenvalue weighted by Gasteiger charge is -2.14. The van der Waals surface area contributed by atoms with Crippen molar-refractivity contribution in [2.24, 2.45) is 0 Å². The van der Waals surface area contributed by atoms with Crippen molar-refractivity contribution in [3.63, 3.8) is 0 Å². The Morgan fingerprint density at radius 1 is 1.22 bits per heavy atom. The van der Waals surface area contributed by atoms with Crippen LogP contribution in [-0.2, 0) is 0 Å². The summed E-state index contributed by atoms with van der Waals surface area (Å²) < 4.78 is 1.16. The van der Waals surface area contributed by atoms with Crippen molar-refractivity contribution in [3.8, 4) is 0 Å². The predicted octanol–water partition coefficient (Wildman–Crippen LogP) is 3.34. The fourth-order valence-corrected chi connectivity index (χ4v) is 3.66. The number of aromatic nitrogens is 3. The molecule has 1 aliphatic heterocycles. The lowest BCUT2D eigenvalue weighted by atomic mass is 10.4. The van der Waals surface area contributed by atoms with Crippen molar-refractivity contribution in [2.75, 3.05) is 18.0 Å². The Kier molecular flexibility index (Phi) is 3.67. The third-order valence-corrected chi connectivity index (χ3v) is 4.72. The van der Waals surface area contributed by atoms with Gasteiger partial charge in [0.05, 0.1) is 4.21 Å². The number of hydrogen-bond donors (Lipinski definition) is 0. The first kappa shape index (κ1) is 12.2. The molecule has 0 aromatic carbocycles. The molecule has 0 unspecified atom stereocenters. The van der Waals surface area contributed by atoms with Crippen LogP contribution in [-0.4, -0.2) is 28.0 Å². The van der Waals surface area contributed by atoms with Crippen LogP contribution < -0.4 is 4.90 Å². The Balaban J connectivity index is 1.85. The maximum Gasteiger partial charge on any atom is 0.230 e. The minimum atomic E-state index is 0.269. The Morgan fingerprint density at radius 3 is 2.78 bits per heavy atom. The van der Waals surface area contributed by atoms with Crippen LogP contribution in [0.3, 0.4) is 0 Å². The molecule has 1 fully saturated rings. The number of halogens is 1. The molecule has 3 heterocycles. The number of rotatable bonds is 3. The van der Waals surface area contributed by atoms with E-state index in [4.69, 9.17) is 11.6 Å². The molecule has 1 saturated heterocycles. The van der Waals surface area contributed by atoms with Crippen molar-refractivity contribution >= 4 is 40.6 Å². The summed E-state index contributed by atoms with van der Waals surface area (Å²) in [6, 6.07) is 4.06. The molecule has 18 heavy (non-hydrogen) atoms. The van der Waals surface area contributed by atoms with Gasteiger partial charge in [-0.15, -0.1) is 11.3 Å². The number of anilines is 1. The van der Waals surface area contributed by atoms with E-state index in [1.54, 1.807) is 11.3 Å². The van der Waals surface area contributed by atoms with Crippen molar-refractivity contribution in [2.45, 2.75) is 22.2 Å². The fourth-order valence-electron chi connectivity index (χ4n) is 1.84. The van der Waals surface area contributed by atoms with Gasteiger partial charge in [-0.3, -0.25) is 0 Å². The average molecular weight is 299 g/mol. The van der Waals surface area contributed by atoms with Crippen LogP contribution in [0.25, 0.3) is 0 Å². The van der Waals surface area contributed by atoms with E-state index in [2.05, 4.69) is 19.9 Å². The maximum absolute atomic E-state index is 5.97. The van der Waals surface area contributed by atoms with Gasteiger partial charge in [-0.2, -0.15) is 15.0 Å². The van der Waals surface area contributed by atoms with Gasteiger partial charge in [-0.25, -0.2) is 0 Å². The largest absolute Gasteiger partial charge is 0.341 e. The molecular weight excluding hydrogens is 288 g/mol. The molecule has 0 aliphatic carbocycles. The highest BCUT2D eigenvalue weighted by molar-refractivity contribution is 8.01. The van der Waals surface area contributed by atoms with Crippen molar-refractivity contribution in [1.82, 2.24) is 15.0 Å². The minimum Gasteiger partial charge on any atom is -0.341 e. The highest BCUT2D eigenvalue weighted by atomic mass is 35.5. The van der Waals surface area contributed by atoms with E-state index in [9.17, 15) is 0 Å². The molecular formula is C11H11ClN4S2. The summed E-state index contributed by atoms with van der Waals surface area (Å²) in [7, 11) is 0. The second-order valence-electron chi connectivity index (χ2n) is 3.92. The van der Waals surface area contributed by atoms with Crippen LogP contribution in [0.4, 0.5) is 5.95 Å². The molecule has 0 amide bonds. The molecule has 7 heteroatoms. The number of nitrogens with zero attached hydrogens (tertiary/aromatic N) is 4. The smallest absolute Gasteiger partial charge is 0.230 e. The average Bonchev–Trinajstić information content (AvgIpc) is 3.00. The van der Waals surface area contributed by atoms with E-state index < -0.39 is 0 Å². The molecule has 0 atom stereocenters. The van der Waals surface area contributed by atoms with Crippen LogP contribution in [0.2, 0.25) is 5.28 Å². The summed E-state index contributed by atoms with van der Waals surface area (Å²) in [6.07, 6.45) is 2.38. The topological polar surface area (TPSA) is 41.9 Å². The molecule has 0 spiro atoms. The van der Waals surface area contributed by atoms with Crippen LogP contribution in [0.15, 0.2) is 26.9 Å². The highest BCUT2D eigenvalue weighted by Gasteiger charge is 2.17. The summed E-state index contributed by atoms with van der Waals surface area (Å²) in [4.78, 5) is 15.0. The summed E-state index contributed by atoms with van der Waals surface area (Å²) in [5.74, 6) is 0.701. The molecule has 0 radical (unpaired) electrons. The second kappa shape index (κ2) is 5.42. The van der Waals surface area contributed by atoms with Gasteiger partial charge in [-0.1, -0.05) is 6.07 Å². The Labute approximate surface area is 118 Å². The third-order valence-electron chi connectivity index (χ3n) is 2.65. The summed E-state index contributed by atoms with van der Waals surface area (Å²) in [5, 5.41) is 2.97. The van der Waals surface area contributed by atoms with Crippen LogP contribution >= 0.6 is 34.7 Å². The number of hydrogen-bond acceptors (Lipinski definition) is 6. The Hall–Kier alpha value is -0.850. The van der Waals surface area contributed by atoms with Gasteiger partial charge in [0.15, 0.2) is 5.16 Å². The number of thiophene rings is 1. The Morgan fingerprint density at radius 2 is 2.06 bits per heavy atom. The lowest BCUT2D eigenvalue weighted by Crippen LogP contribution is -2.21. The molecule has 0 bridgehead atoms. The van der Waals surface area contributed by atoms with Gasteiger partial charge in [0.1, 0.15) is 0 Å². The first-order valence-corrected chi connectivity index (χ1v) is 7.76. The van der Waals surface area contributed by atoms with E-state index in [1.807, 2.05) is 17.5 Å². The van der Waals surface area contributed by atoms with Crippen molar-refractivity contribution < 1.29 is 0 Å². The summed E-state index contributed by atoms with van der Waals surface area (Å²) in [5.41, 5.74) is 0. The predicted molar refractivity (Wildman–Crippen MR) is 74.7 cm³/mol. The fraction of sp³-hybridized carbons (Fsp3) is 0.364.